The van der Waals surface area contributed by atoms with Crippen molar-refractivity contribution in [3.63, 3.8) is 0 Å². The van der Waals surface area contributed by atoms with Crippen LogP contribution >= 0.6 is 0 Å². The van der Waals surface area contributed by atoms with Gasteiger partial charge in [-0.1, -0.05) is 6.07 Å². The summed E-state index contributed by atoms with van der Waals surface area (Å²) in [5.74, 6) is -1.48. The van der Waals surface area contributed by atoms with E-state index in [-0.39, 0.29) is 24.5 Å². The molecule has 1 aromatic carbocycles. The molecular weight excluding hydrogens is 440 g/mol. The van der Waals surface area contributed by atoms with Gasteiger partial charge in [-0.25, -0.2) is 0 Å². The van der Waals surface area contributed by atoms with E-state index < -0.39 is 40.8 Å². The molecule has 0 saturated carbocycles. The minimum atomic E-state index is -5.07. The minimum Gasteiger partial charge on any atom is -0.469 e. The fraction of sp³-hybridized carbons (Fsp3) is 0.273. The lowest BCUT2D eigenvalue weighted by molar-refractivity contribution is -0.143. The summed E-state index contributed by atoms with van der Waals surface area (Å²) in [5, 5.41) is 0. The van der Waals surface area contributed by atoms with Crippen LogP contribution < -0.4 is 0 Å². The molecule has 0 N–H and O–H groups in total. The summed E-state index contributed by atoms with van der Waals surface area (Å²) in [5.41, 5.74) is -2.70. The minimum absolute atomic E-state index is 0.0201. The lowest BCUT2D eigenvalue weighted by Crippen LogP contribution is -2.14. The van der Waals surface area contributed by atoms with Crippen LogP contribution in [0.25, 0.3) is 5.52 Å². The van der Waals surface area contributed by atoms with Crippen molar-refractivity contribution in [3.8, 4) is 0 Å². The Kier molecular flexibility index (Phi) is 6.08. The highest BCUT2D eigenvalue weighted by Gasteiger charge is 2.38. The third-order valence-corrected chi connectivity index (χ3v) is 5.09. The van der Waals surface area contributed by atoms with Crippen LogP contribution in [0.3, 0.4) is 0 Å². The summed E-state index contributed by atoms with van der Waals surface area (Å²) < 4.78 is 85.5. The summed E-state index contributed by atoms with van der Waals surface area (Å²) >= 11 is 0. The summed E-state index contributed by atoms with van der Waals surface area (Å²) in [7, 11) is 1.21. The molecule has 2 heterocycles. The molecule has 2 aromatic heterocycles. The molecule has 0 aliphatic heterocycles. The number of fused-ring (bicyclic) bond motifs is 1. The van der Waals surface area contributed by atoms with Gasteiger partial charge in [0.25, 0.3) is 0 Å². The zero-order valence-corrected chi connectivity index (χ0v) is 16.9. The van der Waals surface area contributed by atoms with E-state index >= 15 is 0 Å². The Labute approximate surface area is 178 Å². The quantitative estimate of drug-likeness (QED) is 0.284. The van der Waals surface area contributed by atoms with Crippen molar-refractivity contribution in [3.05, 3.63) is 76.1 Å². The van der Waals surface area contributed by atoms with Crippen molar-refractivity contribution in [2.75, 3.05) is 7.11 Å². The van der Waals surface area contributed by atoms with Gasteiger partial charge in [0.1, 0.15) is 0 Å². The zero-order chi connectivity index (χ0) is 23.8. The van der Waals surface area contributed by atoms with Gasteiger partial charge in [-0.2, -0.15) is 26.3 Å². The SMILES string of the molecule is COC(=O)CCc1c(C)c(C(=O)c2cc(C(F)(F)F)cc(C(F)(F)F)c2)c2ccccn12. The Bertz CT molecular complexity index is 1160. The first-order chi connectivity index (χ1) is 14.8. The van der Waals surface area contributed by atoms with Gasteiger partial charge < -0.3 is 9.14 Å². The summed E-state index contributed by atoms with van der Waals surface area (Å²) in [6.45, 7) is 1.53. The van der Waals surface area contributed by atoms with Gasteiger partial charge >= 0.3 is 18.3 Å². The van der Waals surface area contributed by atoms with Crippen LogP contribution in [-0.4, -0.2) is 23.3 Å². The monoisotopic (exact) mass is 457 g/mol. The van der Waals surface area contributed by atoms with E-state index in [0.29, 0.717) is 28.9 Å². The lowest BCUT2D eigenvalue weighted by Gasteiger charge is -2.14. The number of aromatic nitrogens is 1. The van der Waals surface area contributed by atoms with Gasteiger partial charge in [-0.15, -0.1) is 0 Å². The van der Waals surface area contributed by atoms with E-state index in [1.54, 1.807) is 22.7 Å². The van der Waals surface area contributed by atoms with Crippen LogP contribution in [0.1, 0.15) is 44.7 Å². The maximum atomic E-state index is 13.2. The number of esters is 1. The second-order valence-electron chi connectivity index (χ2n) is 7.10. The molecule has 0 radical (unpaired) electrons. The number of carbonyl (C=O) groups is 2. The predicted molar refractivity (Wildman–Crippen MR) is 102 cm³/mol. The molecule has 0 fully saturated rings. The first-order valence-electron chi connectivity index (χ1n) is 9.34. The number of pyridine rings is 1. The third kappa shape index (κ3) is 4.49. The fourth-order valence-corrected chi connectivity index (χ4v) is 3.55. The van der Waals surface area contributed by atoms with Crippen molar-refractivity contribution < 1.29 is 40.7 Å². The fourth-order valence-electron chi connectivity index (χ4n) is 3.55. The molecule has 0 aliphatic carbocycles. The summed E-state index contributed by atoms with van der Waals surface area (Å²) in [6, 6.07) is 5.57. The molecule has 3 rings (SSSR count). The average molecular weight is 457 g/mol. The maximum absolute atomic E-state index is 13.2. The van der Waals surface area contributed by atoms with E-state index in [9.17, 15) is 35.9 Å². The molecule has 0 aliphatic rings. The Morgan fingerprint density at radius 3 is 2.09 bits per heavy atom. The molecule has 32 heavy (non-hydrogen) atoms. The van der Waals surface area contributed by atoms with Gasteiger partial charge in [-0.3, -0.25) is 9.59 Å². The van der Waals surface area contributed by atoms with Crippen LogP contribution in [0.4, 0.5) is 26.3 Å². The van der Waals surface area contributed by atoms with Gasteiger partial charge in [0.15, 0.2) is 5.78 Å². The molecule has 0 spiro atoms. The largest absolute Gasteiger partial charge is 0.469 e. The molecule has 0 bridgehead atoms. The number of carbonyl (C=O) groups excluding carboxylic acids is 2. The Balaban J connectivity index is 2.19. The lowest BCUT2D eigenvalue weighted by atomic mass is 9.96. The number of benzene rings is 1. The first kappa shape index (κ1) is 23.4. The van der Waals surface area contributed by atoms with Crippen LogP contribution in [0, 0.1) is 6.92 Å². The molecule has 0 amide bonds. The molecule has 4 nitrogen and oxygen atoms in total. The number of methoxy groups -OCH3 is 1. The van der Waals surface area contributed by atoms with Crippen LogP contribution in [0.15, 0.2) is 42.6 Å². The standard InChI is InChI=1S/C22H17F6NO3/c1-12-16(6-7-18(30)32-2)29-8-4-3-5-17(29)19(12)20(31)13-9-14(21(23,24)25)11-15(10-13)22(26,27)28/h3-5,8-11H,6-7H2,1-2H3. The van der Waals surface area contributed by atoms with E-state index in [1.807, 2.05) is 0 Å². The number of aryl methyl sites for hydroxylation is 1. The Morgan fingerprint density at radius 1 is 0.969 bits per heavy atom. The average Bonchev–Trinajstić information content (AvgIpc) is 3.01. The maximum Gasteiger partial charge on any atom is 0.416 e. The topological polar surface area (TPSA) is 47.8 Å². The van der Waals surface area contributed by atoms with Crippen LogP contribution in [-0.2, 0) is 28.3 Å². The van der Waals surface area contributed by atoms with Gasteiger partial charge in [-0.05, 0) is 49.2 Å². The third-order valence-electron chi connectivity index (χ3n) is 5.09. The van der Waals surface area contributed by atoms with Gasteiger partial charge in [0, 0.05) is 17.5 Å². The highest BCUT2D eigenvalue weighted by atomic mass is 19.4. The number of nitrogens with zero attached hydrogens (tertiary/aromatic N) is 1. The highest BCUT2D eigenvalue weighted by molar-refractivity contribution is 6.14. The number of ether oxygens (including phenoxy) is 1. The van der Waals surface area contributed by atoms with Crippen molar-refractivity contribution in [2.45, 2.75) is 32.1 Å². The Hall–Kier alpha value is -3.30. The highest BCUT2D eigenvalue weighted by Crippen LogP contribution is 2.37. The zero-order valence-electron chi connectivity index (χ0n) is 16.9. The van der Waals surface area contributed by atoms with Crippen molar-refractivity contribution >= 4 is 17.3 Å². The van der Waals surface area contributed by atoms with Gasteiger partial charge in [0.05, 0.1) is 35.7 Å². The normalized spacial score (nSPS) is 12.2. The van der Waals surface area contributed by atoms with Crippen molar-refractivity contribution in [2.24, 2.45) is 0 Å². The molecule has 0 unspecified atom stereocenters. The summed E-state index contributed by atoms with van der Waals surface area (Å²) in [6.07, 6.45) is -8.40. The smallest absolute Gasteiger partial charge is 0.416 e. The number of halogens is 6. The van der Waals surface area contributed by atoms with E-state index in [4.69, 9.17) is 0 Å². The number of ketones is 1. The molecule has 0 saturated heterocycles. The van der Waals surface area contributed by atoms with Gasteiger partial charge in [0.2, 0.25) is 0 Å². The molecule has 0 atom stereocenters. The molecule has 3 aromatic rings. The Morgan fingerprint density at radius 2 is 1.56 bits per heavy atom. The van der Waals surface area contributed by atoms with Crippen molar-refractivity contribution in [1.29, 1.82) is 0 Å². The molecule has 10 heteroatoms. The van der Waals surface area contributed by atoms with E-state index in [2.05, 4.69) is 4.74 Å². The number of hydrogen-bond donors (Lipinski definition) is 0. The van der Waals surface area contributed by atoms with Crippen molar-refractivity contribution in [1.82, 2.24) is 4.40 Å². The van der Waals surface area contributed by atoms with E-state index in [0.717, 1.165) is 0 Å². The predicted octanol–water partition coefficient (Wildman–Crippen LogP) is 5.62. The van der Waals surface area contributed by atoms with E-state index in [1.165, 1.54) is 20.1 Å². The number of hydrogen-bond acceptors (Lipinski definition) is 3. The number of rotatable bonds is 5. The number of alkyl halides is 6. The summed E-state index contributed by atoms with van der Waals surface area (Å²) in [4.78, 5) is 24.8. The first-order valence-corrected chi connectivity index (χ1v) is 9.34. The second kappa shape index (κ2) is 8.33. The van der Waals surface area contributed by atoms with Crippen LogP contribution in [0.2, 0.25) is 0 Å². The second-order valence-corrected chi connectivity index (χ2v) is 7.10. The van der Waals surface area contributed by atoms with Crippen LogP contribution in [0.5, 0.6) is 0 Å². The molecule has 170 valence electrons. The molecular formula is C22H17F6NO3.